The number of hydrogen-bond donors (Lipinski definition) is 1. The molecule has 0 aromatic carbocycles. The molecule has 0 unspecified atom stereocenters. The lowest BCUT2D eigenvalue weighted by atomic mass is 9.81. The monoisotopic (exact) mass is 282 g/mol. The lowest BCUT2D eigenvalue weighted by molar-refractivity contribution is -0.142. The molecular weight excluding hydrogens is 256 g/mol. The van der Waals surface area contributed by atoms with Crippen molar-refractivity contribution in [3.63, 3.8) is 0 Å². The summed E-state index contributed by atoms with van der Waals surface area (Å²) in [6.07, 6.45) is 4.13. The third kappa shape index (κ3) is 3.04. The fourth-order valence-corrected chi connectivity index (χ4v) is 3.16. The second kappa shape index (κ2) is 6.68. The quantitative estimate of drug-likeness (QED) is 0.747. The van der Waals surface area contributed by atoms with Gasteiger partial charge in [-0.3, -0.25) is 14.5 Å². The average Bonchev–Trinajstić information content (AvgIpc) is 2.73. The fraction of sp³-hybridized carbons (Fsp3) is 0.867. The second-order valence-corrected chi connectivity index (χ2v) is 5.83. The molecule has 114 valence electrons. The zero-order valence-corrected chi connectivity index (χ0v) is 12.6. The number of imide groups is 1. The summed E-state index contributed by atoms with van der Waals surface area (Å²) in [4.78, 5) is 25.9. The molecule has 20 heavy (non-hydrogen) atoms. The predicted molar refractivity (Wildman–Crippen MR) is 76.2 cm³/mol. The van der Waals surface area contributed by atoms with Crippen molar-refractivity contribution in [2.45, 2.75) is 52.1 Å². The Morgan fingerprint density at radius 3 is 2.45 bits per heavy atom. The van der Waals surface area contributed by atoms with Gasteiger partial charge >= 0.3 is 0 Å². The molecule has 0 aromatic heterocycles. The Morgan fingerprint density at radius 1 is 1.25 bits per heavy atom. The van der Waals surface area contributed by atoms with Gasteiger partial charge in [-0.25, -0.2) is 0 Å². The van der Waals surface area contributed by atoms with Crippen LogP contribution in [0.25, 0.3) is 0 Å². The molecule has 2 fully saturated rings. The normalized spacial score (nSPS) is 23.6. The van der Waals surface area contributed by atoms with Crippen molar-refractivity contribution >= 4 is 11.8 Å². The maximum atomic E-state index is 12.4. The largest absolute Gasteiger partial charge is 0.376 e. The minimum Gasteiger partial charge on any atom is -0.376 e. The number of rotatable bonds is 6. The Hall–Kier alpha value is -0.940. The van der Waals surface area contributed by atoms with Crippen LogP contribution in [0.15, 0.2) is 0 Å². The first-order chi connectivity index (χ1) is 9.63. The summed E-state index contributed by atoms with van der Waals surface area (Å²) in [5, 5.41) is 3.29. The van der Waals surface area contributed by atoms with Crippen LogP contribution in [0.4, 0.5) is 0 Å². The molecule has 2 aliphatic rings. The number of nitrogens with zero attached hydrogens (tertiary/aromatic N) is 1. The first kappa shape index (κ1) is 15.4. The Bertz CT molecular complexity index is 360. The molecule has 0 bridgehead atoms. The number of ether oxygens (including phenoxy) is 1. The van der Waals surface area contributed by atoms with Gasteiger partial charge in [0.25, 0.3) is 0 Å². The van der Waals surface area contributed by atoms with Crippen LogP contribution in [-0.4, -0.2) is 49.1 Å². The number of carbonyl (C=O) groups is 2. The van der Waals surface area contributed by atoms with Crippen LogP contribution in [-0.2, 0) is 14.3 Å². The summed E-state index contributed by atoms with van der Waals surface area (Å²) >= 11 is 0. The van der Waals surface area contributed by atoms with Gasteiger partial charge in [0, 0.05) is 6.42 Å². The molecule has 2 amide bonds. The van der Waals surface area contributed by atoms with Gasteiger partial charge in [-0.2, -0.15) is 0 Å². The molecule has 2 aliphatic heterocycles. The molecule has 0 spiro atoms. The molecule has 2 saturated heterocycles. The van der Waals surface area contributed by atoms with Crippen LogP contribution in [0, 0.1) is 5.41 Å². The first-order valence-electron chi connectivity index (χ1n) is 7.80. The number of amides is 2. The van der Waals surface area contributed by atoms with Crippen LogP contribution >= 0.6 is 0 Å². The van der Waals surface area contributed by atoms with Crippen LogP contribution in [0.5, 0.6) is 0 Å². The van der Waals surface area contributed by atoms with Gasteiger partial charge in [0.05, 0.1) is 24.7 Å². The highest BCUT2D eigenvalue weighted by Gasteiger charge is 2.48. The highest BCUT2D eigenvalue weighted by molar-refractivity contribution is 6.05. The van der Waals surface area contributed by atoms with Crippen molar-refractivity contribution in [3.8, 4) is 0 Å². The summed E-state index contributed by atoms with van der Waals surface area (Å²) in [6.45, 7) is 6.82. The highest BCUT2D eigenvalue weighted by atomic mass is 16.5. The van der Waals surface area contributed by atoms with Gasteiger partial charge in [0.1, 0.15) is 0 Å². The lowest BCUT2D eigenvalue weighted by Crippen LogP contribution is -2.39. The molecule has 0 aromatic rings. The van der Waals surface area contributed by atoms with E-state index < -0.39 is 5.41 Å². The van der Waals surface area contributed by atoms with E-state index in [1.165, 1.54) is 4.90 Å². The standard InChI is InChI=1S/C15H26N2O3/c1-3-15(4-2)11-13(18)17(14(15)19)9-10-20-12-5-7-16-8-6-12/h12,16H,3-11H2,1-2H3. The molecule has 2 heterocycles. The van der Waals surface area contributed by atoms with Gasteiger partial charge < -0.3 is 10.1 Å². The molecule has 5 heteroatoms. The molecule has 0 atom stereocenters. The van der Waals surface area contributed by atoms with Crippen LogP contribution in [0.1, 0.15) is 46.0 Å². The molecule has 2 rings (SSSR count). The molecular formula is C15H26N2O3. The van der Waals surface area contributed by atoms with Crippen molar-refractivity contribution in [2.75, 3.05) is 26.2 Å². The Morgan fingerprint density at radius 2 is 1.90 bits per heavy atom. The number of piperidine rings is 1. The van der Waals surface area contributed by atoms with E-state index in [0.29, 0.717) is 19.6 Å². The van der Waals surface area contributed by atoms with E-state index in [1.807, 2.05) is 13.8 Å². The average molecular weight is 282 g/mol. The van der Waals surface area contributed by atoms with E-state index in [4.69, 9.17) is 4.74 Å². The van der Waals surface area contributed by atoms with Crippen molar-refractivity contribution in [1.29, 1.82) is 0 Å². The zero-order valence-electron chi connectivity index (χ0n) is 12.6. The highest BCUT2D eigenvalue weighted by Crippen LogP contribution is 2.38. The van der Waals surface area contributed by atoms with Crippen molar-refractivity contribution < 1.29 is 14.3 Å². The van der Waals surface area contributed by atoms with Crippen molar-refractivity contribution in [1.82, 2.24) is 10.2 Å². The van der Waals surface area contributed by atoms with E-state index in [9.17, 15) is 9.59 Å². The van der Waals surface area contributed by atoms with Crippen LogP contribution in [0.3, 0.4) is 0 Å². The molecule has 5 nitrogen and oxygen atoms in total. The maximum Gasteiger partial charge on any atom is 0.235 e. The summed E-state index contributed by atoms with van der Waals surface area (Å²) in [5.41, 5.74) is -0.453. The number of hydrogen-bond acceptors (Lipinski definition) is 4. The van der Waals surface area contributed by atoms with Gasteiger partial charge in [0.2, 0.25) is 11.8 Å². The SMILES string of the molecule is CCC1(CC)CC(=O)N(CCOC2CCNCC2)C1=O. The minimum atomic E-state index is -0.453. The Balaban J connectivity index is 1.83. The fourth-order valence-electron chi connectivity index (χ4n) is 3.16. The Labute approximate surface area is 121 Å². The molecule has 1 N–H and O–H groups in total. The number of carbonyl (C=O) groups excluding carboxylic acids is 2. The molecule has 0 saturated carbocycles. The maximum absolute atomic E-state index is 12.4. The van der Waals surface area contributed by atoms with E-state index in [2.05, 4.69) is 5.32 Å². The van der Waals surface area contributed by atoms with Gasteiger partial charge in [-0.05, 0) is 38.8 Å². The summed E-state index contributed by atoms with van der Waals surface area (Å²) in [6, 6.07) is 0. The van der Waals surface area contributed by atoms with Gasteiger partial charge in [0.15, 0.2) is 0 Å². The molecule has 0 aliphatic carbocycles. The Kier molecular flexibility index (Phi) is 5.16. The lowest BCUT2D eigenvalue weighted by Gasteiger charge is -2.25. The first-order valence-corrected chi connectivity index (χ1v) is 7.80. The molecule has 0 radical (unpaired) electrons. The second-order valence-electron chi connectivity index (χ2n) is 5.83. The van der Waals surface area contributed by atoms with Crippen molar-refractivity contribution in [2.24, 2.45) is 5.41 Å². The number of likely N-dealkylation sites (tertiary alicyclic amines) is 1. The summed E-state index contributed by atoms with van der Waals surface area (Å²) in [7, 11) is 0. The summed E-state index contributed by atoms with van der Waals surface area (Å²) in [5.74, 6) is -0.0333. The van der Waals surface area contributed by atoms with Crippen molar-refractivity contribution in [3.05, 3.63) is 0 Å². The van der Waals surface area contributed by atoms with Gasteiger partial charge in [-0.15, -0.1) is 0 Å². The van der Waals surface area contributed by atoms with E-state index >= 15 is 0 Å². The van der Waals surface area contributed by atoms with Crippen LogP contribution < -0.4 is 5.32 Å². The smallest absolute Gasteiger partial charge is 0.235 e. The zero-order chi connectivity index (χ0) is 14.6. The minimum absolute atomic E-state index is 0.00131. The predicted octanol–water partition coefficient (Wildman–Crippen LogP) is 1.32. The topological polar surface area (TPSA) is 58.6 Å². The third-order valence-electron chi connectivity index (χ3n) is 4.80. The van der Waals surface area contributed by atoms with Crippen LogP contribution in [0.2, 0.25) is 0 Å². The number of nitrogens with one attached hydrogen (secondary N) is 1. The van der Waals surface area contributed by atoms with E-state index in [-0.39, 0.29) is 17.9 Å². The van der Waals surface area contributed by atoms with Gasteiger partial charge in [-0.1, -0.05) is 13.8 Å². The van der Waals surface area contributed by atoms with E-state index in [1.54, 1.807) is 0 Å². The summed E-state index contributed by atoms with van der Waals surface area (Å²) < 4.78 is 5.79. The van der Waals surface area contributed by atoms with E-state index in [0.717, 1.165) is 38.8 Å². The third-order valence-corrected chi connectivity index (χ3v) is 4.80.